The molecule has 1 aromatic rings. The summed E-state index contributed by atoms with van der Waals surface area (Å²) in [6, 6.07) is 0. The highest BCUT2D eigenvalue weighted by Crippen LogP contribution is 2.31. The third kappa shape index (κ3) is 6.67. The smallest absolute Gasteiger partial charge is 0.194 e. The highest BCUT2D eigenvalue weighted by atomic mass is 16.4. The van der Waals surface area contributed by atoms with E-state index in [1.165, 1.54) is 70.0 Å². The van der Waals surface area contributed by atoms with Crippen LogP contribution in [0.4, 0.5) is 0 Å². The summed E-state index contributed by atoms with van der Waals surface area (Å²) >= 11 is 0. The van der Waals surface area contributed by atoms with E-state index in [-0.39, 0.29) is 0 Å². The fourth-order valence-corrected chi connectivity index (χ4v) is 3.04. The molecule has 2 heteroatoms. The predicted molar refractivity (Wildman–Crippen MR) is 90.9 cm³/mol. The number of aromatic nitrogens is 1. The topological polar surface area (TPSA) is 26.0 Å². The quantitative estimate of drug-likeness (QED) is 0.407. The lowest BCUT2D eigenvalue weighted by molar-refractivity contribution is 0.385. The van der Waals surface area contributed by atoms with Gasteiger partial charge in [0.25, 0.3) is 0 Å². The van der Waals surface area contributed by atoms with Crippen LogP contribution < -0.4 is 0 Å². The largest absolute Gasteiger partial charge is 0.445 e. The van der Waals surface area contributed by atoms with Crippen molar-refractivity contribution in [2.24, 2.45) is 0 Å². The number of unbranched alkanes of at least 4 members (excludes halogenated alkanes) is 6. The second kappa shape index (κ2) is 10.9. The molecule has 0 atom stereocenters. The van der Waals surface area contributed by atoms with Crippen molar-refractivity contribution in [2.45, 2.75) is 104 Å². The number of nitrogens with zero attached hydrogens (tertiary/aromatic N) is 1. The normalized spacial score (nSPS) is 11.5. The van der Waals surface area contributed by atoms with E-state index in [4.69, 9.17) is 4.42 Å². The van der Waals surface area contributed by atoms with Crippen LogP contribution in [-0.4, -0.2) is 4.98 Å². The molecule has 0 saturated heterocycles. The van der Waals surface area contributed by atoms with Crippen LogP contribution in [-0.2, 0) is 6.42 Å². The maximum atomic E-state index is 6.03. The Balaban J connectivity index is 2.58. The number of rotatable bonds is 12. The molecule has 0 bridgehead atoms. The van der Waals surface area contributed by atoms with Gasteiger partial charge in [-0.3, -0.25) is 0 Å². The molecular weight excluding hydrogens is 258 g/mol. The van der Waals surface area contributed by atoms with Gasteiger partial charge in [0.15, 0.2) is 5.89 Å². The van der Waals surface area contributed by atoms with Gasteiger partial charge < -0.3 is 4.42 Å². The second-order valence-corrected chi connectivity index (χ2v) is 6.31. The molecule has 2 nitrogen and oxygen atoms in total. The molecule has 1 aromatic heterocycles. The van der Waals surface area contributed by atoms with Crippen LogP contribution in [0.15, 0.2) is 4.42 Å². The van der Waals surface area contributed by atoms with Gasteiger partial charge in [0.1, 0.15) is 5.76 Å². The molecule has 1 heterocycles. The van der Waals surface area contributed by atoms with E-state index in [1.807, 2.05) is 0 Å². The Bertz CT molecular complexity index is 358. The lowest BCUT2D eigenvalue weighted by Crippen LogP contribution is -2.00. The van der Waals surface area contributed by atoms with Gasteiger partial charge >= 0.3 is 0 Å². The van der Waals surface area contributed by atoms with Gasteiger partial charge in [-0.15, -0.1) is 0 Å². The van der Waals surface area contributed by atoms with Crippen molar-refractivity contribution in [3.63, 3.8) is 0 Å². The Morgan fingerprint density at radius 1 is 0.857 bits per heavy atom. The molecule has 21 heavy (non-hydrogen) atoms. The van der Waals surface area contributed by atoms with Crippen molar-refractivity contribution >= 4 is 0 Å². The van der Waals surface area contributed by atoms with E-state index in [9.17, 15) is 0 Å². The molecular formula is C19H35NO. The van der Waals surface area contributed by atoms with Crippen LogP contribution in [0.5, 0.6) is 0 Å². The van der Waals surface area contributed by atoms with Crippen molar-refractivity contribution < 1.29 is 4.42 Å². The Morgan fingerprint density at radius 3 is 1.86 bits per heavy atom. The summed E-state index contributed by atoms with van der Waals surface area (Å²) in [5.74, 6) is 2.68. The Labute approximate surface area is 131 Å². The summed E-state index contributed by atoms with van der Waals surface area (Å²) in [7, 11) is 0. The molecule has 0 amide bonds. The van der Waals surface area contributed by atoms with Crippen LogP contribution >= 0.6 is 0 Å². The summed E-state index contributed by atoms with van der Waals surface area (Å²) in [5.41, 5.74) is 1.13. The molecule has 0 radical (unpaired) electrons. The first kappa shape index (κ1) is 18.3. The first-order chi connectivity index (χ1) is 10.2. The summed E-state index contributed by atoms with van der Waals surface area (Å²) in [4.78, 5) is 4.57. The summed E-state index contributed by atoms with van der Waals surface area (Å²) in [5, 5.41) is 0. The van der Waals surface area contributed by atoms with E-state index in [0.717, 1.165) is 18.0 Å². The van der Waals surface area contributed by atoms with E-state index in [1.54, 1.807) is 0 Å². The number of aryl methyl sites for hydroxylation is 2. The van der Waals surface area contributed by atoms with E-state index < -0.39 is 0 Å². The minimum Gasteiger partial charge on any atom is -0.445 e. The van der Waals surface area contributed by atoms with Gasteiger partial charge in [-0.2, -0.15) is 0 Å². The van der Waals surface area contributed by atoms with Crippen LogP contribution in [0.1, 0.15) is 108 Å². The average Bonchev–Trinajstić information content (AvgIpc) is 2.87. The Hall–Kier alpha value is -0.790. The van der Waals surface area contributed by atoms with Gasteiger partial charge in [-0.05, 0) is 19.8 Å². The average molecular weight is 293 g/mol. The van der Waals surface area contributed by atoms with Crippen LogP contribution in [0, 0.1) is 6.92 Å². The van der Waals surface area contributed by atoms with E-state index in [2.05, 4.69) is 32.7 Å². The Morgan fingerprint density at radius 2 is 1.43 bits per heavy atom. The van der Waals surface area contributed by atoms with Gasteiger partial charge in [0, 0.05) is 12.3 Å². The van der Waals surface area contributed by atoms with Crippen molar-refractivity contribution in [2.75, 3.05) is 0 Å². The molecule has 0 saturated carbocycles. The van der Waals surface area contributed by atoms with Crippen LogP contribution in [0.3, 0.4) is 0 Å². The highest BCUT2D eigenvalue weighted by molar-refractivity contribution is 5.13. The van der Waals surface area contributed by atoms with Gasteiger partial charge in [-0.25, -0.2) is 4.98 Å². The number of hydrogen-bond donors (Lipinski definition) is 0. The zero-order valence-electron chi connectivity index (χ0n) is 14.7. The zero-order valence-corrected chi connectivity index (χ0v) is 14.7. The Kier molecular flexibility index (Phi) is 9.45. The molecule has 0 unspecified atom stereocenters. The summed E-state index contributed by atoms with van der Waals surface area (Å²) in [6.07, 6.45) is 14.1. The van der Waals surface area contributed by atoms with Crippen LogP contribution in [0.25, 0.3) is 0 Å². The summed E-state index contributed by atoms with van der Waals surface area (Å²) < 4.78 is 6.03. The number of oxazole rings is 1. The molecule has 0 aromatic carbocycles. The molecule has 0 aliphatic carbocycles. The SMILES string of the molecule is CCCCCCC(CCCCCC)c1oc(CC)nc1C. The lowest BCUT2D eigenvalue weighted by Gasteiger charge is -2.15. The van der Waals surface area contributed by atoms with Crippen molar-refractivity contribution in [3.05, 3.63) is 17.3 Å². The zero-order chi connectivity index (χ0) is 15.5. The third-order valence-electron chi connectivity index (χ3n) is 4.36. The molecule has 0 fully saturated rings. The molecule has 0 aliphatic rings. The van der Waals surface area contributed by atoms with Gasteiger partial charge in [0.2, 0.25) is 0 Å². The predicted octanol–water partition coefficient (Wildman–Crippen LogP) is 6.57. The van der Waals surface area contributed by atoms with Crippen molar-refractivity contribution in [1.82, 2.24) is 4.98 Å². The molecule has 1 rings (SSSR count). The van der Waals surface area contributed by atoms with Crippen LogP contribution in [0.2, 0.25) is 0 Å². The first-order valence-electron chi connectivity index (χ1n) is 9.19. The van der Waals surface area contributed by atoms with Gasteiger partial charge in [-0.1, -0.05) is 72.1 Å². The maximum Gasteiger partial charge on any atom is 0.194 e. The lowest BCUT2D eigenvalue weighted by atomic mass is 9.91. The molecule has 0 aliphatic heterocycles. The minimum atomic E-state index is 0.589. The fraction of sp³-hybridized carbons (Fsp3) is 0.842. The standard InChI is InChI=1S/C19H35NO/c1-5-8-10-12-14-17(15-13-11-9-6-2)19-16(4)20-18(7-3)21-19/h17H,5-15H2,1-4H3. The maximum absolute atomic E-state index is 6.03. The van der Waals surface area contributed by atoms with E-state index >= 15 is 0 Å². The third-order valence-corrected chi connectivity index (χ3v) is 4.36. The van der Waals surface area contributed by atoms with E-state index in [0.29, 0.717) is 5.92 Å². The molecule has 122 valence electrons. The highest BCUT2D eigenvalue weighted by Gasteiger charge is 2.19. The molecule has 0 N–H and O–H groups in total. The number of hydrogen-bond acceptors (Lipinski definition) is 2. The van der Waals surface area contributed by atoms with Crippen molar-refractivity contribution in [3.8, 4) is 0 Å². The minimum absolute atomic E-state index is 0.589. The first-order valence-corrected chi connectivity index (χ1v) is 9.19. The second-order valence-electron chi connectivity index (χ2n) is 6.31. The monoisotopic (exact) mass is 293 g/mol. The van der Waals surface area contributed by atoms with Crippen molar-refractivity contribution in [1.29, 1.82) is 0 Å². The fourth-order valence-electron chi connectivity index (χ4n) is 3.04. The van der Waals surface area contributed by atoms with Gasteiger partial charge in [0.05, 0.1) is 5.69 Å². The molecule has 0 spiro atoms. The summed E-state index contributed by atoms with van der Waals surface area (Å²) in [6.45, 7) is 8.78.